The highest BCUT2D eigenvalue weighted by molar-refractivity contribution is 5.87. The van der Waals surface area contributed by atoms with Crippen LogP contribution in [0.4, 0.5) is 0 Å². The highest BCUT2D eigenvalue weighted by Gasteiger charge is 2.71. The molecule has 5 heterocycles. The van der Waals surface area contributed by atoms with E-state index in [-0.39, 0.29) is 34.8 Å². The molecule has 0 spiro atoms. The van der Waals surface area contributed by atoms with Gasteiger partial charge in [0.2, 0.25) is 0 Å². The fraction of sp³-hybridized carbons (Fsp3) is 0.923. The van der Waals surface area contributed by atoms with E-state index in [4.69, 9.17) is 52.1 Å². The summed E-state index contributed by atoms with van der Waals surface area (Å²) in [6.45, 7) is 16.7. The average molecular weight is 1350 g/mol. The Morgan fingerprint density at radius 2 is 1.07 bits per heavy atom. The summed E-state index contributed by atoms with van der Waals surface area (Å²) in [5, 5.41) is 187. The van der Waals surface area contributed by atoms with Gasteiger partial charge in [-0.3, -0.25) is 0 Å². The van der Waals surface area contributed by atoms with Crippen molar-refractivity contribution in [1.29, 1.82) is 0 Å². The number of carbonyl (C=O) groups excluding carboxylic acids is 1. The highest BCUT2D eigenvalue weighted by atomic mass is 16.8. The lowest BCUT2D eigenvalue weighted by Gasteiger charge is -2.72. The van der Waals surface area contributed by atoms with Crippen LogP contribution in [0.1, 0.15) is 121 Å². The van der Waals surface area contributed by atoms with Crippen molar-refractivity contribution >= 4 is 5.97 Å². The van der Waals surface area contributed by atoms with Crippen LogP contribution >= 0.6 is 0 Å². The van der Waals surface area contributed by atoms with Crippen LogP contribution in [0.25, 0.3) is 0 Å². The number of aliphatic hydroxyl groups excluding tert-OH is 17. The Bertz CT molecular complexity index is 2660. The summed E-state index contributed by atoms with van der Waals surface area (Å²) in [6, 6.07) is 0. The summed E-state index contributed by atoms with van der Waals surface area (Å²) >= 11 is 0. The van der Waals surface area contributed by atoms with Crippen LogP contribution in [0.2, 0.25) is 0 Å². The van der Waals surface area contributed by atoms with Gasteiger partial charge in [-0.15, -0.1) is 0 Å². The number of carbonyl (C=O) groups is 1. The van der Waals surface area contributed by atoms with Crippen LogP contribution in [0.5, 0.6) is 0 Å². The van der Waals surface area contributed by atoms with E-state index >= 15 is 0 Å². The van der Waals surface area contributed by atoms with E-state index in [2.05, 4.69) is 40.7 Å². The molecule has 29 nitrogen and oxygen atoms in total. The molecular formula is C65H106O29. The predicted molar refractivity (Wildman–Crippen MR) is 320 cm³/mol. The summed E-state index contributed by atoms with van der Waals surface area (Å²) in [7, 11) is 0. The van der Waals surface area contributed by atoms with Crippen LogP contribution in [0, 0.1) is 50.2 Å². The number of allylic oxidation sites excluding steroid dienone is 3. The Morgan fingerprint density at radius 1 is 0.543 bits per heavy atom. The third kappa shape index (κ3) is 12.8. The molecule has 0 unspecified atom stereocenters. The zero-order valence-electron chi connectivity index (χ0n) is 55.2. The molecule has 0 radical (unpaired) electrons. The van der Waals surface area contributed by atoms with Gasteiger partial charge in [-0.05, 0) is 117 Å². The first-order chi connectivity index (χ1) is 44.0. The summed E-state index contributed by atoms with van der Waals surface area (Å²) in [5.74, 6) is -1.11. The van der Waals surface area contributed by atoms with Crippen LogP contribution in [0.3, 0.4) is 0 Å². The van der Waals surface area contributed by atoms with Gasteiger partial charge in [-0.1, -0.05) is 66.2 Å². The molecule has 9 fully saturated rings. The van der Waals surface area contributed by atoms with Gasteiger partial charge in [0, 0.05) is 11.0 Å². The Hall–Kier alpha value is -2.13. The molecule has 17 N–H and O–H groups in total. The fourth-order valence-corrected chi connectivity index (χ4v) is 18.4. The molecule has 0 bridgehead atoms. The van der Waals surface area contributed by atoms with E-state index in [1.807, 2.05) is 13.8 Å². The average Bonchev–Trinajstić information content (AvgIpc) is 0.674. The quantitative estimate of drug-likeness (QED) is 0.0294. The molecule has 0 aromatic rings. The standard InChI is InChI=1S/C65H106O29/c1-11-26(2)54(83)93-50-41(72)33(24-85-56-47(78)44(75)39(70)31(22-67)89-56)90-58(49(50)80)92-36-15-16-62(8)34(61(36,6)7)14-17-64(10)35(62)13-12-28-29-20-60(4,5)52(81)53(82)65(29,19-18-63(28,64)9)25-86-59-51(94-57-48(79)42(73)37(68)27(3)87-57)45(76)40(71)32(91-59)23-84-55-46(77)43(74)38(69)30(21-66)88-55/h11-12,27,29-53,55-59,66-82H,13-25H2,1-10H3/t27-,29-,30+,31+,32+,33+,34-,35+,36-,37-,38+,39+,40+,41+,42+,43-,44-,45-,46+,47+,48+,49+,50-,51+,52-,53-,55+,56+,57-,58-,59+,62-,63+,64+,65-/m0/s1. The number of hydrogen-bond donors (Lipinski definition) is 17. The second-order valence-electron chi connectivity index (χ2n) is 30.7. The monoisotopic (exact) mass is 1350 g/mol. The Morgan fingerprint density at radius 3 is 1.66 bits per heavy atom. The van der Waals surface area contributed by atoms with Gasteiger partial charge >= 0.3 is 5.97 Å². The zero-order chi connectivity index (χ0) is 69.0. The van der Waals surface area contributed by atoms with Gasteiger partial charge in [0.1, 0.15) is 110 Å². The van der Waals surface area contributed by atoms with Crippen molar-refractivity contribution in [2.24, 2.45) is 50.2 Å². The van der Waals surface area contributed by atoms with Gasteiger partial charge < -0.3 is 139 Å². The van der Waals surface area contributed by atoms with Crippen molar-refractivity contribution in [3.8, 4) is 0 Å². The normalized spacial score (nSPS) is 52.7. The minimum atomic E-state index is -1.92. The summed E-state index contributed by atoms with van der Waals surface area (Å²) < 4.78 is 66.6. The van der Waals surface area contributed by atoms with Crippen molar-refractivity contribution in [3.05, 3.63) is 23.3 Å². The smallest absolute Gasteiger partial charge is 0.333 e. The third-order valence-corrected chi connectivity index (χ3v) is 24.8. The largest absolute Gasteiger partial charge is 0.453 e. The molecule has 4 saturated carbocycles. The number of hydrogen-bond acceptors (Lipinski definition) is 29. The molecule has 94 heavy (non-hydrogen) atoms. The van der Waals surface area contributed by atoms with E-state index in [1.54, 1.807) is 6.92 Å². The molecule has 10 aliphatic rings. The third-order valence-electron chi connectivity index (χ3n) is 24.8. The lowest BCUT2D eigenvalue weighted by molar-refractivity contribution is -0.374. The molecule has 29 heteroatoms. The van der Waals surface area contributed by atoms with Crippen molar-refractivity contribution in [1.82, 2.24) is 0 Å². The molecule has 10 rings (SSSR count). The summed E-state index contributed by atoms with van der Waals surface area (Å²) in [5.41, 5.74) is -2.50. The topological polar surface area (TPSA) is 463 Å². The fourth-order valence-electron chi connectivity index (χ4n) is 18.4. The van der Waals surface area contributed by atoms with E-state index in [9.17, 15) is 91.6 Å². The molecule has 0 amide bonds. The van der Waals surface area contributed by atoms with Crippen molar-refractivity contribution < 1.29 is 144 Å². The minimum absolute atomic E-state index is 0.0299. The van der Waals surface area contributed by atoms with Crippen molar-refractivity contribution in [2.45, 2.75) is 292 Å². The van der Waals surface area contributed by atoms with Gasteiger partial charge in [-0.25, -0.2) is 4.79 Å². The van der Waals surface area contributed by atoms with Gasteiger partial charge in [0.15, 0.2) is 37.6 Å². The van der Waals surface area contributed by atoms with Crippen LogP contribution in [-0.4, -0.2) is 298 Å². The second kappa shape index (κ2) is 28.0. The molecule has 35 atom stereocenters. The summed E-state index contributed by atoms with van der Waals surface area (Å²) in [4.78, 5) is 13.3. The zero-order valence-corrected chi connectivity index (χ0v) is 55.2. The first kappa shape index (κ1) is 74.6. The highest BCUT2D eigenvalue weighted by Crippen LogP contribution is 2.76. The van der Waals surface area contributed by atoms with Crippen LogP contribution in [0.15, 0.2) is 23.3 Å². The Labute approximate surface area is 547 Å². The molecule has 540 valence electrons. The predicted octanol–water partition coefficient (Wildman–Crippen LogP) is -3.25. The maximum Gasteiger partial charge on any atom is 0.333 e. The van der Waals surface area contributed by atoms with E-state index in [1.165, 1.54) is 19.9 Å². The molecule has 5 aliphatic carbocycles. The number of ether oxygens (including phenoxy) is 11. The number of esters is 1. The molecule has 5 aliphatic heterocycles. The van der Waals surface area contributed by atoms with Gasteiger partial charge in [0.25, 0.3) is 0 Å². The number of aliphatic hydroxyl groups is 17. The number of fused-ring (bicyclic) bond motifs is 7. The van der Waals surface area contributed by atoms with Crippen LogP contribution < -0.4 is 0 Å². The van der Waals surface area contributed by atoms with E-state index < -0.39 is 232 Å². The maximum atomic E-state index is 13.3. The lowest BCUT2D eigenvalue weighted by atomic mass is 9.33. The SMILES string of the molecule is CC=C(C)C(=O)O[C@@H]1[C@@H](O)[C@H](O[C@H]2CC[C@]3(C)[C@H]4CC=C5[C@@H]6CC(C)(C)[C@@H](O)[C@H](O)[C@]6(CO[C@@H]6O[C@H](CO[C@@H]7O[C@H](CO)[C@@H](O)[C@H](O)[C@H]7O)[C@@H](O)[C@H](O)[C@H]6O[C@@H]6O[C@@H](C)[C@H](O)[C@@H](O)[C@H]6O)CC[C@@]5(C)[C@]4(C)CC[C@H]3C2(C)C)O[C@H](CO[C@@H]2O[C@H](CO)[C@@H](O)[C@H](O)[C@H]2O)[C@H]1O. The van der Waals surface area contributed by atoms with Gasteiger partial charge in [-0.2, -0.15) is 0 Å². The maximum absolute atomic E-state index is 13.3. The number of rotatable bonds is 17. The lowest BCUT2D eigenvalue weighted by Crippen LogP contribution is -2.69. The van der Waals surface area contributed by atoms with Crippen molar-refractivity contribution in [2.75, 3.05) is 33.0 Å². The summed E-state index contributed by atoms with van der Waals surface area (Å²) in [6.07, 6.45) is -35.6. The van der Waals surface area contributed by atoms with E-state index in [0.29, 0.717) is 38.5 Å². The molecule has 0 aromatic carbocycles. The second-order valence-corrected chi connectivity index (χ2v) is 30.7. The van der Waals surface area contributed by atoms with Crippen molar-refractivity contribution in [3.63, 3.8) is 0 Å². The van der Waals surface area contributed by atoms with E-state index in [0.717, 1.165) is 18.4 Å². The Kier molecular flexibility index (Phi) is 22.2. The van der Waals surface area contributed by atoms with Gasteiger partial charge in [0.05, 0.1) is 57.5 Å². The first-order valence-electron chi connectivity index (χ1n) is 33.4. The molecule has 5 saturated heterocycles. The molecule has 0 aromatic heterocycles. The van der Waals surface area contributed by atoms with Crippen LogP contribution in [-0.2, 0) is 56.9 Å². The molecular weight excluding hydrogens is 1240 g/mol. The Balaban J connectivity index is 0.900. The first-order valence-corrected chi connectivity index (χ1v) is 33.4. The minimum Gasteiger partial charge on any atom is -0.453 e.